The summed E-state index contributed by atoms with van der Waals surface area (Å²) in [7, 11) is 0. The summed E-state index contributed by atoms with van der Waals surface area (Å²) in [6.45, 7) is 3.79. The zero-order chi connectivity index (χ0) is 12.2. The number of aliphatic hydroxyl groups excluding tert-OH is 1. The van der Waals surface area contributed by atoms with Gasteiger partial charge in [-0.15, -0.1) is 0 Å². The lowest BCUT2D eigenvalue weighted by atomic mass is 9.78. The quantitative estimate of drug-likeness (QED) is 0.714. The number of hydrogen-bond acceptors (Lipinski definition) is 2. The van der Waals surface area contributed by atoms with Crippen molar-refractivity contribution in [3.8, 4) is 0 Å². The van der Waals surface area contributed by atoms with Gasteiger partial charge in [0.25, 0.3) is 0 Å². The Kier molecular flexibility index (Phi) is 5.19. The minimum Gasteiger partial charge on any atom is -0.388 e. The van der Waals surface area contributed by atoms with Crippen LogP contribution in [-0.2, 0) is 0 Å². The maximum Gasteiger partial charge on any atom is 0.184 e. The Hall–Kier alpha value is -0.150. The fourth-order valence-corrected chi connectivity index (χ4v) is 2.68. The van der Waals surface area contributed by atoms with Crippen molar-refractivity contribution < 1.29 is 9.50 Å². The third-order valence-electron chi connectivity index (χ3n) is 4.15. The van der Waals surface area contributed by atoms with E-state index in [1.165, 1.54) is 32.1 Å². The molecule has 0 aromatic carbocycles. The predicted octanol–water partition coefficient (Wildman–Crippen LogP) is 2.99. The van der Waals surface area contributed by atoms with E-state index in [0.717, 1.165) is 0 Å². The molecule has 0 aliphatic heterocycles. The molecule has 0 aromatic rings. The van der Waals surface area contributed by atoms with E-state index in [-0.39, 0.29) is 6.42 Å². The fraction of sp³-hybridized carbons (Fsp3) is 1.00. The van der Waals surface area contributed by atoms with Gasteiger partial charge < -0.3 is 5.11 Å². The van der Waals surface area contributed by atoms with E-state index in [1.54, 1.807) is 6.92 Å². The molecule has 1 aliphatic rings. The van der Waals surface area contributed by atoms with Crippen molar-refractivity contribution in [2.75, 3.05) is 0 Å². The standard InChI is InChI=1S/C13H26FNO/c1-3-13(14,15)12(16)9-10(2)11-7-5-4-6-8-11/h10-12,16H,3-9,15H2,1-2H3. The highest BCUT2D eigenvalue weighted by molar-refractivity contribution is 4.83. The summed E-state index contributed by atoms with van der Waals surface area (Å²) < 4.78 is 13.7. The monoisotopic (exact) mass is 231 g/mol. The molecule has 0 saturated heterocycles. The molecule has 3 unspecified atom stereocenters. The molecule has 0 spiro atoms. The van der Waals surface area contributed by atoms with Crippen molar-refractivity contribution in [2.24, 2.45) is 17.6 Å². The van der Waals surface area contributed by atoms with Crippen molar-refractivity contribution in [3.63, 3.8) is 0 Å². The summed E-state index contributed by atoms with van der Waals surface area (Å²) in [4.78, 5) is 0. The van der Waals surface area contributed by atoms with Crippen LogP contribution in [0, 0.1) is 11.8 Å². The van der Waals surface area contributed by atoms with Gasteiger partial charge in [-0.2, -0.15) is 0 Å². The number of nitrogens with two attached hydrogens (primary N) is 1. The first-order valence-electron chi connectivity index (χ1n) is 6.63. The number of hydrogen-bond donors (Lipinski definition) is 2. The minimum atomic E-state index is -1.91. The predicted molar refractivity (Wildman–Crippen MR) is 64.7 cm³/mol. The summed E-state index contributed by atoms with van der Waals surface area (Å²) in [6, 6.07) is 0. The lowest BCUT2D eigenvalue weighted by Crippen LogP contribution is -2.47. The second-order valence-electron chi connectivity index (χ2n) is 5.41. The van der Waals surface area contributed by atoms with Gasteiger partial charge in [-0.25, -0.2) is 4.39 Å². The van der Waals surface area contributed by atoms with E-state index in [0.29, 0.717) is 18.3 Å². The molecule has 1 saturated carbocycles. The average molecular weight is 231 g/mol. The minimum absolute atomic E-state index is 0.172. The molecule has 96 valence electrons. The molecule has 0 radical (unpaired) electrons. The van der Waals surface area contributed by atoms with Crippen LogP contribution in [0.4, 0.5) is 4.39 Å². The van der Waals surface area contributed by atoms with Gasteiger partial charge in [0.15, 0.2) is 5.79 Å². The third-order valence-corrected chi connectivity index (χ3v) is 4.15. The van der Waals surface area contributed by atoms with Crippen molar-refractivity contribution in [2.45, 2.75) is 70.7 Å². The number of halogens is 1. The summed E-state index contributed by atoms with van der Waals surface area (Å²) in [5.74, 6) is -0.889. The highest BCUT2D eigenvalue weighted by atomic mass is 19.1. The molecule has 1 fully saturated rings. The molecular weight excluding hydrogens is 205 g/mol. The second-order valence-corrected chi connectivity index (χ2v) is 5.41. The molecule has 0 heterocycles. The van der Waals surface area contributed by atoms with Crippen LogP contribution in [0.25, 0.3) is 0 Å². The normalized spacial score (nSPS) is 26.1. The lowest BCUT2D eigenvalue weighted by Gasteiger charge is -2.32. The van der Waals surface area contributed by atoms with Crippen LogP contribution in [0.2, 0.25) is 0 Å². The second kappa shape index (κ2) is 5.97. The van der Waals surface area contributed by atoms with E-state index in [1.807, 2.05) is 0 Å². The molecule has 3 N–H and O–H groups in total. The van der Waals surface area contributed by atoms with Gasteiger partial charge in [-0.3, -0.25) is 5.73 Å². The SMILES string of the molecule is CCC(N)(F)C(O)CC(C)C1CCCCC1. The number of rotatable bonds is 5. The topological polar surface area (TPSA) is 46.2 Å². The van der Waals surface area contributed by atoms with E-state index in [9.17, 15) is 9.50 Å². The van der Waals surface area contributed by atoms with Crippen LogP contribution < -0.4 is 5.73 Å². The Morgan fingerprint density at radius 2 is 1.94 bits per heavy atom. The Bertz CT molecular complexity index is 202. The van der Waals surface area contributed by atoms with Crippen molar-refractivity contribution in [1.29, 1.82) is 0 Å². The molecule has 1 rings (SSSR count). The molecule has 16 heavy (non-hydrogen) atoms. The van der Waals surface area contributed by atoms with E-state index >= 15 is 0 Å². The van der Waals surface area contributed by atoms with Crippen molar-refractivity contribution in [3.05, 3.63) is 0 Å². The highest BCUT2D eigenvalue weighted by Crippen LogP contribution is 2.33. The van der Waals surface area contributed by atoms with Gasteiger partial charge in [0, 0.05) is 0 Å². The molecule has 1 aliphatic carbocycles. The maximum absolute atomic E-state index is 13.7. The first-order valence-corrected chi connectivity index (χ1v) is 6.63. The van der Waals surface area contributed by atoms with E-state index in [4.69, 9.17) is 5.73 Å². The van der Waals surface area contributed by atoms with Crippen molar-refractivity contribution >= 4 is 0 Å². The molecule has 0 amide bonds. The van der Waals surface area contributed by atoms with Gasteiger partial charge in [0.2, 0.25) is 0 Å². The molecule has 0 bridgehead atoms. The average Bonchev–Trinajstić information content (AvgIpc) is 2.30. The summed E-state index contributed by atoms with van der Waals surface area (Å²) in [5.41, 5.74) is 5.42. The van der Waals surface area contributed by atoms with Gasteiger partial charge in [0.1, 0.15) is 6.10 Å². The van der Waals surface area contributed by atoms with Crippen molar-refractivity contribution in [1.82, 2.24) is 0 Å². The van der Waals surface area contributed by atoms with Crippen LogP contribution in [0.1, 0.15) is 58.8 Å². The van der Waals surface area contributed by atoms with Gasteiger partial charge in [-0.05, 0) is 24.7 Å². The molecule has 3 heteroatoms. The summed E-state index contributed by atoms with van der Waals surface area (Å²) >= 11 is 0. The molecule has 2 nitrogen and oxygen atoms in total. The lowest BCUT2D eigenvalue weighted by molar-refractivity contribution is -0.0265. The maximum atomic E-state index is 13.7. The summed E-state index contributed by atoms with van der Waals surface area (Å²) in [5, 5.41) is 9.78. The Morgan fingerprint density at radius 3 is 2.44 bits per heavy atom. The zero-order valence-electron chi connectivity index (χ0n) is 10.6. The van der Waals surface area contributed by atoms with Crippen LogP contribution >= 0.6 is 0 Å². The smallest absolute Gasteiger partial charge is 0.184 e. The van der Waals surface area contributed by atoms with Crippen LogP contribution in [0.15, 0.2) is 0 Å². The van der Waals surface area contributed by atoms with Crippen LogP contribution in [-0.4, -0.2) is 17.0 Å². The van der Waals surface area contributed by atoms with E-state index < -0.39 is 11.9 Å². The number of alkyl halides is 1. The highest BCUT2D eigenvalue weighted by Gasteiger charge is 2.34. The molecule has 3 atom stereocenters. The largest absolute Gasteiger partial charge is 0.388 e. The fourth-order valence-electron chi connectivity index (χ4n) is 2.68. The Labute approximate surface area is 98.4 Å². The van der Waals surface area contributed by atoms with Gasteiger partial charge in [0.05, 0.1) is 0 Å². The summed E-state index contributed by atoms with van der Waals surface area (Å²) in [6.07, 6.45) is 5.98. The van der Waals surface area contributed by atoms with Gasteiger partial charge >= 0.3 is 0 Å². The first kappa shape index (κ1) is 13.9. The van der Waals surface area contributed by atoms with Gasteiger partial charge in [-0.1, -0.05) is 46.0 Å². The first-order chi connectivity index (χ1) is 7.47. The Balaban J connectivity index is 2.40. The van der Waals surface area contributed by atoms with E-state index in [2.05, 4.69) is 6.92 Å². The van der Waals surface area contributed by atoms with Crippen LogP contribution in [0.5, 0.6) is 0 Å². The molecule has 0 aromatic heterocycles. The van der Waals surface area contributed by atoms with Crippen LogP contribution in [0.3, 0.4) is 0 Å². The zero-order valence-corrected chi connectivity index (χ0v) is 10.6. The number of aliphatic hydroxyl groups is 1. The third kappa shape index (κ3) is 3.70. The Morgan fingerprint density at radius 1 is 1.38 bits per heavy atom. The molecular formula is C13H26FNO.